The highest BCUT2D eigenvalue weighted by Gasteiger charge is 2.38. The summed E-state index contributed by atoms with van der Waals surface area (Å²) in [6.07, 6.45) is 3.16. The summed E-state index contributed by atoms with van der Waals surface area (Å²) in [5.41, 5.74) is 0.497. The van der Waals surface area contributed by atoms with E-state index < -0.39 is 20.2 Å². The van der Waals surface area contributed by atoms with Gasteiger partial charge in [0.25, 0.3) is 20.2 Å². The lowest BCUT2D eigenvalue weighted by Crippen LogP contribution is -2.49. The zero-order valence-corrected chi connectivity index (χ0v) is 16.0. The monoisotopic (exact) mass is 398 g/mol. The van der Waals surface area contributed by atoms with Gasteiger partial charge in [-0.15, -0.1) is 4.40 Å². The molecule has 0 aromatic heterocycles. The van der Waals surface area contributed by atoms with E-state index in [0.29, 0.717) is 44.0 Å². The maximum atomic E-state index is 12.8. The molecule has 0 amide bonds. The number of rotatable bonds is 3. The van der Waals surface area contributed by atoms with E-state index in [0.717, 1.165) is 12.8 Å². The van der Waals surface area contributed by atoms with Crippen LogP contribution in [0.1, 0.15) is 25.7 Å². The molecule has 0 bridgehead atoms. The van der Waals surface area contributed by atoms with Crippen molar-refractivity contribution in [2.24, 2.45) is 10.3 Å². The van der Waals surface area contributed by atoms with Crippen molar-refractivity contribution >= 4 is 31.8 Å². The summed E-state index contributed by atoms with van der Waals surface area (Å²) in [7, 11) is -7.25. The van der Waals surface area contributed by atoms with Crippen molar-refractivity contribution in [2.45, 2.75) is 30.6 Å². The number of para-hydroxylation sites is 1. The Balaban J connectivity index is 1.58. The number of fused-ring (bicyclic) bond motifs is 1. The SMILES string of the molecule is O=S1(=O)N=C([C@@H]2CCCN(S(=O)(=O)N3CCCC3)C2)Nc2ccccc21. The van der Waals surface area contributed by atoms with Crippen LogP contribution in [0.3, 0.4) is 0 Å². The van der Waals surface area contributed by atoms with Crippen LogP contribution in [0, 0.1) is 5.92 Å². The summed E-state index contributed by atoms with van der Waals surface area (Å²) in [5, 5.41) is 3.10. The molecule has 10 heteroatoms. The maximum Gasteiger partial charge on any atom is 0.286 e. The first-order valence-electron chi connectivity index (χ1n) is 8.84. The first-order valence-corrected chi connectivity index (χ1v) is 11.7. The Morgan fingerprint density at radius 1 is 1.04 bits per heavy atom. The van der Waals surface area contributed by atoms with Gasteiger partial charge in [-0.05, 0) is 37.8 Å². The van der Waals surface area contributed by atoms with Crippen LogP contribution in [0.15, 0.2) is 33.6 Å². The zero-order valence-electron chi connectivity index (χ0n) is 14.3. The summed E-state index contributed by atoms with van der Waals surface area (Å²) in [5.74, 6) is 0.0780. The van der Waals surface area contributed by atoms with Gasteiger partial charge >= 0.3 is 0 Å². The van der Waals surface area contributed by atoms with Gasteiger partial charge in [-0.2, -0.15) is 25.4 Å². The molecule has 0 aliphatic carbocycles. The van der Waals surface area contributed by atoms with Crippen molar-refractivity contribution in [3.63, 3.8) is 0 Å². The molecule has 3 heterocycles. The summed E-state index contributed by atoms with van der Waals surface area (Å²) < 4.78 is 57.5. The lowest BCUT2D eigenvalue weighted by Gasteiger charge is -2.35. The average molecular weight is 399 g/mol. The highest BCUT2D eigenvalue weighted by atomic mass is 32.2. The van der Waals surface area contributed by atoms with Gasteiger partial charge in [-0.1, -0.05) is 12.1 Å². The highest BCUT2D eigenvalue weighted by molar-refractivity contribution is 7.90. The molecule has 1 N–H and O–H groups in total. The van der Waals surface area contributed by atoms with Gasteiger partial charge in [0.15, 0.2) is 0 Å². The summed E-state index contributed by atoms with van der Waals surface area (Å²) in [6.45, 7) is 1.84. The molecule has 1 aromatic carbocycles. The minimum Gasteiger partial charge on any atom is -0.342 e. The number of hydrogen-bond acceptors (Lipinski definition) is 5. The Morgan fingerprint density at radius 3 is 2.50 bits per heavy atom. The number of benzene rings is 1. The minimum absolute atomic E-state index is 0.154. The molecular formula is C16H22N4O4S2. The second-order valence-corrected chi connectivity index (χ2v) is 10.4. The highest BCUT2D eigenvalue weighted by Crippen LogP contribution is 2.31. The molecule has 0 saturated carbocycles. The van der Waals surface area contributed by atoms with Crippen LogP contribution in [-0.2, 0) is 20.2 Å². The predicted octanol–water partition coefficient (Wildman–Crippen LogP) is 1.25. The van der Waals surface area contributed by atoms with Gasteiger partial charge in [0, 0.05) is 32.1 Å². The molecule has 3 aliphatic heterocycles. The fourth-order valence-corrected chi connectivity index (χ4v) is 6.74. The van der Waals surface area contributed by atoms with E-state index in [1.54, 1.807) is 18.2 Å². The van der Waals surface area contributed by atoms with Crippen molar-refractivity contribution < 1.29 is 16.8 Å². The van der Waals surface area contributed by atoms with Gasteiger partial charge in [0.2, 0.25) is 0 Å². The van der Waals surface area contributed by atoms with E-state index in [4.69, 9.17) is 0 Å². The first-order chi connectivity index (χ1) is 12.4. The van der Waals surface area contributed by atoms with Gasteiger partial charge < -0.3 is 5.32 Å². The molecule has 0 spiro atoms. The van der Waals surface area contributed by atoms with Crippen LogP contribution in [0.25, 0.3) is 0 Å². The Labute approximate surface area is 154 Å². The third-order valence-electron chi connectivity index (χ3n) is 5.13. The van der Waals surface area contributed by atoms with Crippen molar-refractivity contribution in [3.05, 3.63) is 24.3 Å². The normalized spacial score (nSPS) is 26.8. The largest absolute Gasteiger partial charge is 0.342 e. The van der Waals surface area contributed by atoms with E-state index in [2.05, 4.69) is 9.71 Å². The van der Waals surface area contributed by atoms with Crippen LogP contribution in [0.2, 0.25) is 0 Å². The van der Waals surface area contributed by atoms with Crippen LogP contribution < -0.4 is 5.32 Å². The molecule has 2 saturated heterocycles. The Bertz CT molecular complexity index is 937. The number of hydrogen-bond donors (Lipinski definition) is 1. The molecule has 0 unspecified atom stereocenters. The van der Waals surface area contributed by atoms with Crippen molar-refractivity contribution in [3.8, 4) is 0 Å². The number of sulfonamides is 1. The van der Waals surface area contributed by atoms with Crippen molar-refractivity contribution in [1.29, 1.82) is 0 Å². The molecule has 142 valence electrons. The topological polar surface area (TPSA) is 99.1 Å². The average Bonchev–Trinajstić information content (AvgIpc) is 3.17. The second-order valence-electron chi connectivity index (χ2n) is 6.88. The van der Waals surface area contributed by atoms with Gasteiger partial charge in [0.1, 0.15) is 10.7 Å². The standard InChI is InChI=1S/C16H22N4O4S2/c21-25(22)15-8-2-1-7-14(15)17-16(18-25)13-6-5-11-20(12-13)26(23,24)19-9-3-4-10-19/h1-2,7-8,13H,3-6,9-12H2,(H,17,18)/t13-/m1/s1. The molecule has 1 atom stereocenters. The quantitative estimate of drug-likeness (QED) is 0.826. The van der Waals surface area contributed by atoms with Gasteiger partial charge in [-0.3, -0.25) is 0 Å². The maximum absolute atomic E-state index is 12.8. The molecule has 0 radical (unpaired) electrons. The number of anilines is 1. The van der Waals surface area contributed by atoms with Crippen LogP contribution >= 0.6 is 0 Å². The summed E-state index contributed by atoms with van der Waals surface area (Å²) in [4.78, 5) is 0.154. The van der Waals surface area contributed by atoms with E-state index in [1.807, 2.05) is 0 Å². The minimum atomic E-state index is -3.76. The molecule has 1 aromatic rings. The number of piperidine rings is 1. The van der Waals surface area contributed by atoms with Crippen LogP contribution in [0.5, 0.6) is 0 Å². The van der Waals surface area contributed by atoms with Crippen molar-refractivity contribution in [1.82, 2.24) is 8.61 Å². The molecule has 4 rings (SSSR count). The molecule has 8 nitrogen and oxygen atoms in total. The van der Waals surface area contributed by atoms with E-state index in [1.165, 1.54) is 14.7 Å². The molecule has 2 fully saturated rings. The van der Waals surface area contributed by atoms with E-state index in [-0.39, 0.29) is 17.4 Å². The Kier molecular flexibility index (Phi) is 4.54. The third kappa shape index (κ3) is 3.15. The number of nitrogens with one attached hydrogen (secondary N) is 1. The zero-order chi connectivity index (χ0) is 18.4. The van der Waals surface area contributed by atoms with Crippen molar-refractivity contribution in [2.75, 3.05) is 31.5 Å². The molecule has 26 heavy (non-hydrogen) atoms. The Hall–Kier alpha value is -1.49. The first kappa shape index (κ1) is 17.9. The number of amidine groups is 1. The fourth-order valence-electron chi connectivity index (χ4n) is 3.77. The smallest absolute Gasteiger partial charge is 0.286 e. The van der Waals surface area contributed by atoms with E-state index in [9.17, 15) is 16.8 Å². The Morgan fingerprint density at radius 2 is 1.73 bits per heavy atom. The summed E-state index contributed by atoms with van der Waals surface area (Å²) >= 11 is 0. The molecule has 3 aliphatic rings. The van der Waals surface area contributed by atoms with Crippen LogP contribution in [0.4, 0.5) is 5.69 Å². The van der Waals surface area contributed by atoms with Gasteiger partial charge in [0.05, 0.1) is 5.69 Å². The second kappa shape index (κ2) is 6.59. The third-order valence-corrected chi connectivity index (χ3v) is 8.49. The van der Waals surface area contributed by atoms with E-state index >= 15 is 0 Å². The van der Waals surface area contributed by atoms with Crippen LogP contribution in [-0.4, -0.2) is 57.5 Å². The lowest BCUT2D eigenvalue weighted by atomic mass is 9.98. The number of nitrogens with zero attached hydrogens (tertiary/aromatic N) is 3. The molecular weight excluding hydrogens is 376 g/mol. The summed E-state index contributed by atoms with van der Waals surface area (Å²) in [6, 6.07) is 6.63. The predicted molar refractivity (Wildman–Crippen MR) is 98.7 cm³/mol. The van der Waals surface area contributed by atoms with Gasteiger partial charge in [-0.25, -0.2) is 0 Å². The lowest BCUT2D eigenvalue weighted by molar-refractivity contribution is 0.289. The fraction of sp³-hybridized carbons (Fsp3) is 0.562.